The maximum absolute atomic E-state index is 12.0. The van der Waals surface area contributed by atoms with Crippen molar-refractivity contribution in [2.24, 2.45) is 11.8 Å². The van der Waals surface area contributed by atoms with Crippen molar-refractivity contribution >= 4 is 17.9 Å². The van der Waals surface area contributed by atoms with Crippen LogP contribution in [0.25, 0.3) is 0 Å². The zero-order valence-electron chi connectivity index (χ0n) is 12.9. The Hall–Kier alpha value is -2.11. The average Bonchev–Trinajstić information content (AvgIpc) is 2.46. The van der Waals surface area contributed by atoms with Crippen LogP contribution in [-0.2, 0) is 23.9 Å². The van der Waals surface area contributed by atoms with Crippen LogP contribution in [0, 0.1) is 11.8 Å². The van der Waals surface area contributed by atoms with Crippen LogP contribution in [0.15, 0.2) is 24.3 Å². The van der Waals surface area contributed by atoms with Crippen LogP contribution in [0.3, 0.4) is 0 Å². The van der Waals surface area contributed by atoms with E-state index in [0.717, 1.165) is 0 Å². The molecule has 22 heavy (non-hydrogen) atoms. The molecule has 0 aromatic heterocycles. The van der Waals surface area contributed by atoms with Gasteiger partial charge in [0.15, 0.2) is 0 Å². The van der Waals surface area contributed by atoms with Crippen LogP contribution < -0.4 is 0 Å². The molecule has 0 aromatic carbocycles. The number of hydrogen-bond donors (Lipinski definition) is 1. The highest BCUT2D eigenvalue weighted by Crippen LogP contribution is 2.26. The Morgan fingerprint density at radius 3 is 2.68 bits per heavy atom. The topological polar surface area (TPSA) is 89.9 Å². The van der Waals surface area contributed by atoms with Gasteiger partial charge in [0.05, 0.1) is 18.4 Å². The summed E-state index contributed by atoms with van der Waals surface area (Å²) in [7, 11) is 0. The largest absolute Gasteiger partial charge is 0.481 e. The summed E-state index contributed by atoms with van der Waals surface area (Å²) in [6, 6.07) is 0. The summed E-state index contributed by atoms with van der Waals surface area (Å²) in [5.74, 6) is -3.52. The molecule has 0 saturated heterocycles. The Bertz CT molecular complexity index is 479. The molecule has 122 valence electrons. The number of esters is 2. The van der Waals surface area contributed by atoms with Gasteiger partial charge in [-0.3, -0.25) is 9.59 Å². The van der Waals surface area contributed by atoms with Crippen LogP contribution in [0.1, 0.15) is 33.1 Å². The second kappa shape index (κ2) is 8.36. The summed E-state index contributed by atoms with van der Waals surface area (Å²) in [5.41, 5.74) is 0.306. The van der Waals surface area contributed by atoms with E-state index in [2.05, 4.69) is 6.58 Å². The molecule has 0 amide bonds. The standard InChI is InChI=1S/C16H22O6/c1-10(2)15(19)22-11(3)8-9-21-16(20)13-7-5-4-6-12(13)14(17)18/h5,7,11-13H,1,4,6,8-9H2,2-3H3,(H,17,18). The zero-order chi connectivity index (χ0) is 16.7. The van der Waals surface area contributed by atoms with Gasteiger partial charge in [-0.05, 0) is 26.7 Å². The van der Waals surface area contributed by atoms with Crippen LogP contribution in [-0.4, -0.2) is 35.7 Å². The molecule has 0 heterocycles. The number of carbonyl (C=O) groups is 3. The normalized spacial score (nSPS) is 21.7. The smallest absolute Gasteiger partial charge is 0.333 e. The maximum Gasteiger partial charge on any atom is 0.333 e. The number of carbonyl (C=O) groups excluding carboxylic acids is 2. The van der Waals surface area contributed by atoms with Gasteiger partial charge in [-0.15, -0.1) is 0 Å². The van der Waals surface area contributed by atoms with Crippen molar-refractivity contribution in [1.29, 1.82) is 0 Å². The molecule has 1 aliphatic carbocycles. The number of carboxylic acid groups (broad SMARTS) is 1. The fourth-order valence-corrected chi connectivity index (χ4v) is 2.12. The first-order valence-corrected chi connectivity index (χ1v) is 7.25. The minimum absolute atomic E-state index is 0.0696. The summed E-state index contributed by atoms with van der Waals surface area (Å²) < 4.78 is 10.2. The first-order valence-electron chi connectivity index (χ1n) is 7.25. The SMILES string of the molecule is C=C(C)C(=O)OC(C)CCOC(=O)C1C=CCCC1C(=O)O. The quantitative estimate of drug-likeness (QED) is 0.440. The predicted octanol–water partition coefficient (Wildman–Crippen LogP) is 2.09. The van der Waals surface area contributed by atoms with Crippen molar-refractivity contribution < 1.29 is 29.0 Å². The number of allylic oxidation sites excluding steroid dienone is 1. The minimum Gasteiger partial charge on any atom is -0.481 e. The van der Waals surface area contributed by atoms with Crippen LogP contribution in [0.4, 0.5) is 0 Å². The van der Waals surface area contributed by atoms with E-state index in [1.807, 2.05) is 0 Å². The van der Waals surface area contributed by atoms with Gasteiger partial charge >= 0.3 is 17.9 Å². The molecule has 1 aliphatic rings. The first kappa shape index (κ1) is 17.9. The Morgan fingerprint density at radius 2 is 2.09 bits per heavy atom. The van der Waals surface area contributed by atoms with Crippen molar-refractivity contribution in [2.45, 2.75) is 39.2 Å². The lowest BCUT2D eigenvalue weighted by Crippen LogP contribution is -2.32. The van der Waals surface area contributed by atoms with E-state index in [9.17, 15) is 14.4 Å². The molecule has 3 atom stereocenters. The number of ether oxygens (including phenoxy) is 2. The third-order valence-corrected chi connectivity index (χ3v) is 3.44. The summed E-state index contributed by atoms with van der Waals surface area (Å²) in [4.78, 5) is 34.4. The molecule has 1 N–H and O–H groups in total. The molecule has 0 spiro atoms. The van der Waals surface area contributed by atoms with Crippen molar-refractivity contribution in [3.63, 3.8) is 0 Å². The van der Waals surface area contributed by atoms with Crippen molar-refractivity contribution in [3.05, 3.63) is 24.3 Å². The second-order valence-electron chi connectivity index (χ2n) is 5.43. The lowest BCUT2D eigenvalue weighted by Gasteiger charge is -2.22. The number of hydrogen-bond acceptors (Lipinski definition) is 5. The van der Waals surface area contributed by atoms with Crippen LogP contribution in [0.5, 0.6) is 0 Å². The predicted molar refractivity (Wildman–Crippen MR) is 78.9 cm³/mol. The van der Waals surface area contributed by atoms with E-state index in [1.54, 1.807) is 26.0 Å². The van der Waals surface area contributed by atoms with Gasteiger partial charge in [0.1, 0.15) is 6.10 Å². The zero-order valence-corrected chi connectivity index (χ0v) is 12.9. The van der Waals surface area contributed by atoms with E-state index in [-0.39, 0.29) is 6.61 Å². The van der Waals surface area contributed by atoms with Gasteiger partial charge < -0.3 is 14.6 Å². The fraction of sp³-hybridized carbons (Fsp3) is 0.562. The fourth-order valence-electron chi connectivity index (χ4n) is 2.12. The van der Waals surface area contributed by atoms with Gasteiger partial charge in [-0.1, -0.05) is 18.7 Å². The molecule has 0 bridgehead atoms. The van der Waals surface area contributed by atoms with E-state index in [1.165, 1.54) is 0 Å². The average molecular weight is 310 g/mol. The number of carboxylic acids is 1. The Labute approximate surface area is 129 Å². The van der Waals surface area contributed by atoms with Crippen molar-refractivity contribution in [2.75, 3.05) is 6.61 Å². The molecule has 0 saturated carbocycles. The number of rotatable bonds is 7. The minimum atomic E-state index is -0.991. The van der Waals surface area contributed by atoms with E-state index >= 15 is 0 Å². The lowest BCUT2D eigenvalue weighted by atomic mass is 9.84. The highest BCUT2D eigenvalue weighted by atomic mass is 16.6. The van der Waals surface area contributed by atoms with Gasteiger partial charge in [0, 0.05) is 12.0 Å². The number of aliphatic carboxylic acids is 1. The summed E-state index contributed by atoms with van der Waals surface area (Å²) in [6.45, 7) is 6.79. The Kier molecular flexibility index (Phi) is 6.82. The Balaban J connectivity index is 2.40. The second-order valence-corrected chi connectivity index (χ2v) is 5.43. The molecule has 6 heteroatoms. The molecular weight excluding hydrogens is 288 g/mol. The molecule has 0 aromatic rings. The van der Waals surface area contributed by atoms with Gasteiger partial charge in [-0.25, -0.2) is 4.79 Å². The molecule has 0 fully saturated rings. The van der Waals surface area contributed by atoms with E-state index in [4.69, 9.17) is 14.6 Å². The summed E-state index contributed by atoms with van der Waals surface area (Å²) in [6.07, 6.45) is 4.40. The summed E-state index contributed by atoms with van der Waals surface area (Å²) >= 11 is 0. The highest BCUT2D eigenvalue weighted by molar-refractivity contribution is 5.87. The molecule has 1 rings (SSSR count). The highest BCUT2D eigenvalue weighted by Gasteiger charge is 2.34. The van der Waals surface area contributed by atoms with E-state index in [0.29, 0.717) is 24.8 Å². The molecule has 0 radical (unpaired) electrons. The molecular formula is C16H22O6. The van der Waals surface area contributed by atoms with Gasteiger partial charge in [-0.2, -0.15) is 0 Å². The van der Waals surface area contributed by atoms with Crippen molar-refractivity contribution in [3.8, 4) is 0 Å². The van der Waals surface area contributed by atoms with Crippen molar-refractivity contribution in [1.82, 2.24) is 0 Å². The van der Waals surface area contributed by atoms with Crippen LogP contribution in [0.2, 0.25) is 0 Å². The van der Waals surface area contributed by atoms with Gasteiger partial charge in [0.25, 0.3) is 0 Å². The molecule has 6 nitrogen and oxygen atoms in total. The monoisotopic (exact) mass is 310 g/mol. The molecule has 0 aliphatic heterocycles. The third-order valence-electron chi connectivity index (χ3n) is 3.44. The van der Waals surface area contributed by atoms with Gasteiger partial charge in [0.2, 0.25) is 0 Å². The first-order chi connectivity index (χ1) is 10.3. The summed E-state index contributed by atoms with van der Waals surface area (Å²) in [5, 5.41) is 9.11. The third kappa shape index (κ3) is 5.35. The molecule has 3 unspecified atom stereocenters. The Morgan fingerprint density at radius 1 is 1.41 bits per heavy atom. The maximum atomic E-state index is 12.0. The van der Waals surface area contributed by atoms with E-state index < -0.39 is 35.8 Å². The van der Waals surface area contributed by atoms with Crippen LogP contribution >= 0.6 is 0 Å². The lowest BCUT2D eigenvalue weighted by molar-refractivity contribution is -0.157.